The molecule has 0 saturated carbocycles. The van der Waals surface area contributed by atoms with E-state index in [1.807, 2.05) is 0 Å². The molecule has 0 aliphatic heterocycles. The minimum atomic E-state index is -4.46. The van der Waals surface area contributed by atoms with E-state index in [1.165, 1.54) is 12.3 Å². The molecule has 2 rings (SSSR count). The molecule has 1 aromatic carbocycles. The van der Waals surface area contributed by atoms with Crippen molar-refractivity contribution in [2.75, 3.05) is 5.32 Å². The minimum absolute atomic E-state index is 0.0160. The number of furan rings is 1. The molecule has 0 saturated heterocycles. The third-order valence-electron chi connectivity index (χ3n) is 2.77. The number of carbonyl (C=O) groups is 2. The zero-order chi connectivity index (χ0) is 16.3. The summed E-state index contributed by atoms with van der Waals surface area (Å²) in [4.78, 5) is 22.6. The van der Waals surface area contributed by atoms with Crippen LogP contribution in [-0.4, -0.2) is 17.0 Å². The highest BCUT2D eigenvalue weighted by Crippen LogP contribution is 2.29. The summed E-state index contributed by atoms with van der Waals surface area (Å²) in [6, 6.07) is 5.18. The largest absolute Gasteiger partial charge is 0.481 e. The number of anilines is 1. The van der Waals surface area contributed by atoms with Crippen LogP contribution in [0.15, 0.2) is 41.0 Å². The average molecular weight is 313 g/mol. The molecule has 0 radical (unpaired) electrons. The van der Waals surface area contributed by atoms with Crippen LogP contribution in [-0.2, 0) is 17.4 Å². The number of carbonyl (C=O) groups excluding carboxylic acids is 1. The van der Waals surface area contributed by atoms with E-state index in [4.69, 9.17) is 9.52 Å². The molecule has 0 fully saturated rings. The summed E-state index contributed by atoms with van der Waals surface area (Å²) in [5, 5.41) is 11.1. The van der Waals surface area contributed by atoms with Gasteiger partial charge in [0.1, 0.15) is 12.2 Å². The summed E-state index contributed by atoms with van der Waals surface area (Å²) in [6.07, 6.45) is -3.76. The minimum Gasteiger partial charge on any atom is -0.481 e. The molecule has 1 amide bonds. The van der Waals surface area contributed by atoms with Crippen molar-refractivity contribution >= 4 is 17.6 Å². The first-order valence-electron chi connectivity index (χ1n) is 6.04. The molecular formula is C14H10F3NO4. The van der Waals surface area contributed by atoms with Gasteiger partial charge in [-0.15, -0.1) is 0 Å². The Kier molecular flexibility index (Phi) is 4.20. The van der Waals surface area contributed by atoms with Crippen molar-refractivity contribution in [3.63, 3.8) is 0 Å². The number of nitrogens with one attached hydrogen (secondary N) is 1. The number of rotatable bonds is 4. The Morgan fingerprint density at radius 2 is 1.77 bits per heavy atom. The fraction of sp³-hybridized carbons (Fsp3) is 0.143. The molecule has 2 aromatic rings. The summed E-state index contributed by atoms with van der Waals surface area (Å²) in [5.74, 6) is -1.86. The normalized spacial score (nSPS) is 11.2. The predicted octanol–water partition coefficient (Wildman–Crippen LogP) is 3.18. The Balaban J connectivity index is 2.12. The molecule has 8 heteroatoms. The third-order valence-corrected chi connectivity index (χ3v) is 2.77. The first kappa shape index (κ1) is 15.6. The van der Waals surface area contributed by atoms with E-state index in [-0.39, 0.29) is 17.0 Å². The van der Waals surface area contributed by atoms with Crippen LogP contribution in [0.5, 0.6) is 0 Å². The monoisotopic (exact) mass is 313 g/mol. The van der Waals surface area contributed by atoms with Gasteiger partial charge in [0.15, 0.2) is 0 Å². The summed E-state index contributed by atoms with van der Waals surface area (Å²) in [6.45, 7) is 0. The van der Waals surface area contributed by atoms with Crippen LogP contribution in [0.2, 0.25) is 0 Å². The van der Waals surface area contributed by atoms with Crippen LogP contribution >= 0.6 is 0 Å². The van der Waals surface area contributed by atoms with Gasteiger partial charge < -0.3 is 14.8 Å². The lowest BCUT2D eigenvalue weighted by molar-refractivity contribution is -0.138. The first-order chi connectivity index (χ1) is 10.3. The van der Waals surface area contributed by atoms with Crippen LogP contribution in [0.4, 0.5) is 18.9 Å². The molecule has 1 heterocycles. The van der Waals surface area contributed by atoms with Crippen molar-refractivity contribution in [3.8, 4) is 0 Å². The fourth-order valence-corrected chi connectivity index (χ4v) is 1.76. The topological polar surface area (TPSA) is 79.5 Å². The second kappa shape index (κ2) is 5.92. The molecule has 5 nitrogen and oxygen atoms in total. The molecule has 22 heavy (non-hydrogen) atoms. The summed E-state index contributed by atoms with van der Waals surface area (Å²) in [5.41, 5.74) is -0.664. The van der Waals surface area contributed by atoms with Gasteiger partial charge in [-0.25, -0.2) is 0 Å². The summed E-state index contributed by atoms with van der Waals surface area (Å²) >= 11 is 0. The maximum Gasteiger partial charge on any atom is 0.416 e. The number of aliphatic carboxylic acids is 1. The molecule has 2 N–H and O–H groups in total. The van der Waals surface area contributed by atoms with E-state index in [0.717, 1.165) is 24.3 Å². The van der Waals surface area contributed by atoms with E-state index >= 15 is 0 Å². The quantitative estimate of drug-likeness (QED) is 0.908. The van der Waals surface area contributed by atoms with Crippen LogP contribution in [0, 0.1) is 0 Å². The van der Waals surface area contributed by atoms with E-state index in [0.29, 0.717) is 0 Å². The first-order valence-corrected chi connectivity index (χ1v) is 6.04. The highest BCUT2D eigenvalue weighted by Gasteiger charge is 2.30. The van der Waals surface area contributed by atoms with Crippen LogP contribution < -0.4 is 5.32 Å². The maximum atomic E-state index is 12.4. The number of carboxylic acids is 1. The number of amides is 1. The molecule has 0 atom stereocenters. The number of hydrogen-bond donors (Lipinski definition) is 2. The van der Waals surface area contributed by atoms with E-state index < -0.39 is 30.0 Å². The van der Waals surface area contributed by atoms with Gasteiger partial charge in [0.25, 0.3) is 5.91 Å². The number of halogens is 3. The molecule has 1 aromatic heterocycles. The number of alkyl halides is 3. The standard InChI is InChI=1S/C14H10F3NO4/c15-14(16,17)8-1-3-9(4-2-8)18-13(21)10-5-6-22-11(10)7-12(19)20/h1-6H,7H2,(H,18,21)(H,19,20). The number of hydrogen-bond acceptors (Lipinski definition) is 3. The van der Waals surface area contributed by atoms with Gasteiger partial charge >= 0.3 is 12.1 Å². The van der Waals surface area contributed by atoms with Crippen molar-refractivity contribution in [2.45, 2.75) is 12.6 Å². The van der Waals surface area contributed by atoms with Gasteiger partial charge in [0, 0.05) is 5.69 Å². The van der Waals surface area contributed by atoms with Crippen molar-refractivity contribution < 1.29 is 32.3 Å². The molecule has 0 aliphatic carbocycles. The Bertz CT molecular complexity index is 689. The maximum absolute atomic E-state index is 12.4. The molecule has 116 valence electrons. The molecule has 0 spiro atoms. The zero-order valence-electron chi connectivity index (χ0n) is 11.0. The Hall–Kier alpha value is -2.77. The Labute approximate surface area is 122 Å². The van der Waals surface area contributed by atoms with Crippen LogP contribution in [0.25, 0.3) is 0 Å². The number of benzene rings is 1. The SMILES string of the molecule is O=C(O)Cc1occc1C(=O)Nc1ccc(C(F)(F)F)cc1. The second-order valence-corrected chi connectivity index (χ2v) is 4.36. The summed E-state index contributed by atoms with van der Waals surface area (Å²) < 4.78 is 42.2. The number of carboxylic acid groups (broad SMARTS) is 1. The zero-order valence-corrected chi connectivity index (χ0v) is 11.0. The lowest BCUT2D eigenvalue weighted by Crippen LogP contribution is -2.14. The van der Waals surface area contributed by atoms with Crippen molar-refractivity contribution in [3.05, 3.63) is 53.5 Å². The third kappa shape index (κ3) is 3.66. The van der Waals surface area contributed by atoms with Crippen molar-refractivity contribution in [1.82, 2.24) is 0 Å². The Morgan fingerprint density at radius 3 is 2.32 bits per heavy atom. The van der Waals surface area contributed by atoms with Crippen LogP contribution in [0.1, 0.15) is 21.7 Å². The van der Waals surface area contributed by atoms with E-state index in [1.54, 1.807) is 0 Å². The van der Waals surface area contributed by atoms with Gasteiger partial charge in [0.05, 0.1) is 17.4 Å². The van der Waals surface area contributed by atoms with Crippen molar-refractivity contribution in [2.24, 2.45) is 0 Å². The smallest absolute Gasteiger partial charge is 0.416 e. The van der Waals surface area contributed by atoms with Crippen LogP contribution in [0.3, 0.4) is 0 Å². The molecule has 0 unspecified atom stereocenters. The molecule has 0 bridgehead atoms. The van der Waals surface area contributed by atoms with E-state index in [9.17, 15) is 22.8 Å². The average Bonchev–Trinajstić information content (AvgIpc) is 2.85. The fourth-order valence-electron chi connectivity index (χ4n) is 1.76. The van der Waals surface area contributed by atoms with Gasteiger partial charge in [-0.1, -0.05) is 0 Å². The molecular weight excluding hydrogens is 303 g/mol. The predicted molar refractivity (Wildman–Crippen MR) is 69.4 cm³/mol. The van der Waals surface area contributed by atoms with Gasteiger partial charge in [-0.05, 0) is 30.3 Å². The van der Waals surface area contributed by atoms with Gasteiger partial charge in [-0.2, -0.15) is 13.2 Å². The van der Waals surface area contributed by atoms with Gasteiger partial charge in [-0.3, -0.25) is 9.59 Å². The van der Waals surface area contributed by atoms with Gasteiger partial charge in [0.2, 0.25) is 0 Å². The summed E-state index contributed by atoms with van der Waals surface area (Å²) in [7, 11) is 0. The lowest BCUT2D eigenvalue weighted by atomic mass is 10.1. The van der Waals surface area contributed by atoms with E-state index in [2.05, 4.69) is 5.32 Å². The lowest BCUT2D eigenvalue weighted by Gasteiger charge is -2.08. The van der Waals surface area contributed by atoms with Crippen molar-refractivity contribution in [1.29, 1.82) is 0 Å². The highest BCUT2D eigenvalue weighted by atomic mass is 19.4. The highest BCUT2D eigenvalue weighted by molar-refractivity contribution is 6.05. The molecule has 0 aliphatic rings. The second-order valence-electron chi connectivity index (χ2n) is 4.36. The Morgan fingerprint density at radius 1 is 1.14 bits per heavy atom.